The van der Waals surface area contributed by atoms with Crippen LogP contribution in [0.1, 0.15) is 16.7 Å². The molecule has 0 saturated carbocycles. The van der Waals surface area contributed by atoms with Gasteiger partial charge in [0.2, 0.25) is 11.8 Å². The van der Waals surface area contributed by atoms with E-state index in [0.717, 1.165) is 16.7 Å². The first kappa shape index (κ1) is 21.8. The van der Waals surface area contributed by atoms with Crippen LogP contribution in [0, 0.1) is 0 Å². The third-order valence-electron chi connectivity index (χ3n) is 5.74. The van der Waals surface area contributed by atoms with Crippen molar-refractivity contribution in [1.29, 1.82) is 0 Å². The lowest BCUT2D eigenvalue weighted by molar-refractivity contribution is -0.133. The predicted octanol–water partition coefficient (Wildman–Crippen LogP) is 3.56. The molecule has 0 N–H and O–H groups in total. The lowest BCUT2D eigenvalue weighted by Gasteiger charge is -2.26. The summed E-state index contributed by atoms with van der Waals surface area (Å²) < 4.78 is 0. The molecule has 1 fully saturated rings. The van der Waals surface area contributed by atoms with Crippen molar-refractivity contribution in [2.75, 3.05) is 26.2 Å². The zero-order chi connectivity index (χ0) is 22.2. The molecule has 0 unspecified atom stereocenters. The van der Waals surface area contributed by atoms with Crippen molar-refractivity contribution >= 4 is 11.8 Å². The van der Waals surface area contributed by atoms with Gasteiger partial charge in [0.1, 0.15) is 0 Å². The molecule has 164 valence electrons. The molecule has 0 aliphatic carbocycles. The van der Waals surface area contributed by atoms with Crippen LogP contribution in [0.2, 0.25) is 0 Å². The van der Waals surface area contributed by atoms with Gasteiger partial charge in [0, 0.05) is 32.7 Å². The highest BCUT2D eigenvalue weighted by Crippen LogP contribution is 2.13. The van der Waals surface area contributed by atoms with Crippen LogP contribution in [0.3, 0.4) is 0 Å². The molecule has 5 nitrogen and oxygen atoms in total. The van der Waals surface area contributed by atoms with Gasteiger partial charge in [-0.2, -0.15) is 0 Å². The van der Waals surface area contributed by atoms with E-state index < -0.39 is 0 Å². The molecule has 5 heteroatoms. The normalized spacial score (nSPS) is 15.9. The predicted molar refractivity (Wildman–Crippen MR) is 125 cm³/mol. The third kappa shape index (κ3) is 6.05. The van der Waals surface area contributed by atoms with Crippen molar-refractivity contribution in [3.05, 3.63) is 108 Å². The number of rotatable bonds is 6. The Hall–Kier alpha value is -3.44. The van der Waals surface area contributed by atoms with E-state index >= 15 is 0 Å². The van der Waals surface area contributed by atoms with E-state index in [4.69, 9.17) is 0 Å². The Morgan fingerprint density at radius 2 is 0.844 bits per heavy atom. The van der Waals surface area contributed by atoms with Crippen LogP contribution in [0.4, 0.5) is 0 Å². The summed E-state index contributed by atoms with van der Waals surface area (Å²) in [7, 11) is 0. The second kappa shape index (κ2) is 10.7. The summed E-state index contributed by atoms with van der Waals surface area (Å²) in [5.41, 5.74) is 3.28. The topological polar surface area (TPSA) is 43.9 Å². The summed E-state index contributed by atoms with van der Waals surface area (Å²) in [4.78, 5) is 32.2. The molecule has 4 rings (SSSR count). The quantitative estimate of drug-likeness (QED) is 0.604. The van der Waals surface area contributed by atoms with E-state index in [-0.39, 0.29) is 24.9 Å². The molecule has 0 aromatic heterocycles. The second-order valence-corrected chi connectivity index (χ2v) is 8.23. The molecule has 1 aliphatic heterocycles. The number of carbonyl (C=O) groups is 2. The van der Waals surface area contributed by atoms with E-state index in [1.54, 1.807) is 0 Å². The monoisotopic (exact) mass is 427 g/mol. The molecule has 0 bridgehead atoms. The van der Waals surface area contributed by atoms with Crippen LogP contribution in [0.25, 0.3) is 0 Å². The Kier molecular flexibility index (Phi) is 7.31. The third-order valence-corrected chi connectivity index (χ3v) is 5.74. The fourth-order valence-corrected chi connectivity index (χ4v) is 4.02. The summed E-state index contributed by atoms with van der Waals surface area (Å²) in [6.45, 7) is 3.16. The van der Waals surface area contributed by atoms with Crippen molar-refractivity contribution < 1.29 is 9.59 Å². The van der Waals surface area contributed by atoms with E-state index in [9.17, 15) is 9.59 Å². The van der Waals surface area contributed by atoms with Gasteiger partial charge in [-0.25, -0.2) is 0 Å². The highest BCUT2D eigenvalue weighted by atomic mass is 16.2. The van der Waals surface area contributed by atoms with E-state index in [1.807, 2.05) is 106 Å². The second-order valence-electron chi connectivity index (χ2n) is 8.23. The molecule has 3 aromatic carbocycles. The highest BCUT2D eigenvalue weighted by Gasteiger charge is 2.26. The maximum atomic E-state index is 13.3. The molecule has 0 spiro atoms. The van der Waals surface area contributed by atoms with Gasteiger partial charge in [0.05, 0.1) is 13.1 Å². The summed E-state index contributed by atoms with van der Waals surface area (Å²) in [5.74, 6) is 0.110. The first-order valence-electron chi connectivity index (χ1n) is 11.1. The largest absolute Gasteiger partial charge is 0.335 e. The summed E-state index contributed by atoms with van der Waals surface area (Å²) >= 11 is 0. The van der Waals surface area contributed by atoms with Crippen LogP contribution >= 0.6 is 0 Å². The lowest BCUT2D eigenvalue weighted by Crippen LogP contribution is -2.41. The van der Waals surface area contributed by atoms with Crippen LogP contribution in [0.15, 0.2) is 91.0 Å². The average Bonchev–Trinajstić information content (AvgIpc) is 2.86. The van der Waals surface area contributed by atoms with Gasteiger partial charge < -0.3 is 9.80 Å². The number of amides is 2. The molecule has 1 heterocycles. The smallest absolute Gasteiger partial charge is 0.237 e. The fourth-order valence-electron chi connectivity index (χ4n) is 4.02. The first-order valence-corrected chi connectivity index (χ1v) is 11.1. The Morgan fingerprint density at radius 1 is 0.500 bits per heavy atom. The molecule has 0 radical (unpaired) electrons. The van der Waals surface area contributed by atoms with Gasteiger partial charge in [0.25, 0.3) is 0 Å². The van der Waals surface area contributed by atoms with Crippen molar-refractivity contribution in [2.24, 2.45) is 0 Å². The Labute approximate surface area is 189 Å². The van der Waals surface area contributed by atoms with Gasteiger partial charge in [-0.3, -0.25) is 14.5 Å². The molecule has 32 heavy (non-hydrogen) atoms. The van der Waals surface area contributed by atoms with Gasteiger partial charge in [-0.15, -0.1) is 0 Å². The number of carbonyl (C=O) groups excluding carboxylic acids is 2. The summed E-state index contributed by atoms with van der Waals surface area (Å²) in [6.07, 6.45) is 0. The SMILES string of the molecule is O=C1CN(Cc2ccccc2)CC(=O)N(Cc2ccccc2)CCN1Cc1ccccc1. The van der Waals surface area contributed by atoms with Gasteiger partial charge in [-0.05, 0) is 16.7 Å². The minimum atomic E-state index is 0.0548. The van der Waals surface area contributed by atoms with Crippen molar-refractivity contribution in [1.82, 2.24) is 14.7 Å². The number of nitrogens with zero attached hydrogens (tertiary/aromatic N) is 3. The Balaban J connectivity index is 1.56. The lowest BCUT2D eigenvalue weighted by atomic mass is 10.2. The maximum absolute atomic E-state index is 13.3. The fraction of sp³-hybridized carbons (Fsp3) is 0.259. The van der Waals surface area contributed by atoms with Crippen LogP contribution < -0.4 is 0 Å². The molecule has 2 amide bonds. The van der Waals surface area contributed by atoms with Gasteiger partial charge >= 0.3 is 0 Å². The number of benzene rings is 3. The highest BCUT2D eigenvalue weighted by molar-refractivity contribution is 5.82. The van der Waals surface area contributed by atoms with Crippen molar-refractivity contribution in [2.45, 2.75) is 19.6 Å². The molecule has 3 aromatic rings. The molecule has 1 saturated heterocycles. The molecular formula is C27H29N3O2. The minimum absolute atomic E-state index is 0.0548. The summed E-state index contributed by atoms with van der Waals surface area (Å²) in [6, 6.07) is 30.1. The molecule has 1 aliphatic rings. The van der Waals surface area contributed by atoms with Crippen LogP contribution in [0.5, 0.6) is 0 Å². The number of hydrogen-bond acceptors (Lipinski definition) is 3. The summed E-state index contributed by atoms with van der Waals surface area (Å²) in [5, 5.41) is 0. The van der Waals surface area contributed by atoms with Crippen LogP contribution in [-0.2, 0) is 29.2 Å². The zero-order valence-corrected chi connectivity index (χ0v) is 18.3. The number of hydrogen-bond donors (Lipinski definition) is 0. The molecule has 0 atom stereocenters. The standard InChI is InChI=1S/C27H29N3O2/c31-26-21-28(18-23-10-4-1-5-11-23)22-27(32)30(20-25-14-8-3-9-15-25)17-16-29(26)19-24-12-6-2-7-13-24/h1-15H,16-22H2. The van der Waals surface area contributed by atoms with Gasteiger partial charge in [-0.1, -0.05) is 91.0 Å². The minimum Gasteiger partial charge on any atom is -0.335 e. The Morgan fingerprint density at radius 3 is 1.22 bits per heavy atom. The van der Waals surface area contributed by atoms with E-state index in [1.165, 1.54) is 0 Å². The van der Waals surface area contributed by atoms with Crippen molar-refractivity contribution in [3.8, 4) is 0 Å². The van der Waals surface area contributed by atoms with Crippen LogP contribution in [-0.4, -0.2) is 52.7 Å². The first-order chi connectivity index (χ1) is 15.7. The Bertz CT molecular complexity index is 945. The van der Waals surface area contributed by atoms with E-state index in [0.29, 0.717) is 32.7 Å². The van der Waals surface area contributed by atoms with E-state index in [2.05, 4.69) is 0 Å². The van der Waals surface area contributed by atoms with Gasteiger partial charge in [0.15, 0.2) is 0 Å². The van der Waals surface area contributed by atoms with Crippen molar-refractivity contribution in [3.63, 3.8) is 0 Å². The zero-order valence-electron chi connectivity index (χ0n) is 18.3. The maximum Gasteiger partial charge on any atom is 0.237 e. The molecular weight excluding hydrogens is 398 g/mol. The average molecular weight is 428 g/mol.